The fraction of sp³-hybridized carbons (Fsp3) is 0.455. The minimum absolute atomic E-state index is 0.0529. The Labute approximate surface area is 366 Å². The van der Waals surface area contributed by atoms with Gasteiger partial charge < -0.3 is 35.5 Å². The molecule has 3 rings (SSSR count). The van der Waals surface area contributed by atoms with Crippen molar-refractivity contribution in [3.8, 4) is 0 Å². The second kappa shape index (κ2) is 25.1. The average Bonchev–Trinajstić information content (AvgIpc) is 3.51. The molecule has 1 aliphatic rings. The molecular formula is C44H51N3O17. The van der Waals surface area contributed by atoms with Gasteiger partial charge in [-0.2, -0.15) is 0 Å². The normalized spacial score (nSPS) is 13.6. The molecule has 0 radical (unpaired) electrons. The van der Waals surface area contributed by atoms with Gasteiger partial charge in [0.25, 0.3) is 17.7 Å². The van der Waals surface area contributed by atoms with Crippen LogP contribution in [0.5, 0.6) is 0 Å². The lowest BCUT2D eigenvalue weighted by Gasteiger charge is -2.24. The number of carbonyl (C=O) groups is 12. The van der Waals surface area contributed by atoms with E-state index in [-0.39, 0.29) is 49.4 Å². The molecule has 4 amide bonds. The lowest BCUT2D eigenvalue weighted by Crippen LogP contribution is -2.38. The van der Waals surface area contributed by atoms with Crippen molar-refractivity contribution in [2.24, 2.45) is 17.8 Å². The number of aryl methyl sites for hydroxylation is 1. The molecule has 1 saturated heterocycles. The van der Waals surface area contributed by atoms with E-state index < -0.39 is 147 Å². The molecule has 1 heterocycles. The van der Waals surface area contributed by atoms with Crippen molar-refractivity contribution in [3.05, 3.63) is 70.8 Å². The highest BCUT2D eigenvalue weighted by Gasteiger charge is 2.34. The molecule has 20 nitrogen and oxygen atoms in total. The van der Waals surface area contributed by atoms with Crippen LogP contribution < -0.4 is 5.32 Å². The summed E-state index contributed by atoms with van der Waals surface area (Å²) in [5, 5.41) is 41.2. The fourth-order valence-electron chi connectivity index (χ4n) is 7.19. The van der Waals surface area contributed by atoms with E-state index in [0.717, 1.165) is 16.5 Å². The van der Waals surface area contributed by atoms with Crippen molar-refractivity contribution in [2.45, 2.75) is 90.4 Å². The summed E-state index contributed by atoms with van der Waals surface area (Å²) in [4.78, 5) is 154. The maximum absolute atomic E-state index is 13.3. The molecule has 344 valence electrons. The third kappa shape index (κ3) is 18.1. The Kier molecular flexibility index (Phi) is 20.1. The molecule has 0 bridgehead atoms. The molecule has 5 N–H and O–H groups in total. The van der Waals surface area contributed by atoms with Gasteiger partial charge in [0.15, 0.2) is 5.78 Å². The minimum Gasteiger partial charge on any atom is -0.481 e. The van der Waals surface area contributed by atoms with E-state index in [4.69, 9.17) is 4.84 Å². The summed E-state index contributed by atoms with van der Waals surface area (Å²) in [6, 6.07) is 11.9. The number of amides is 4. The van der Waals surface area contributed by atoms with Gasteiger partial charge in [0.1, 0.15) is 18.1 Å². The van der Waals surface area contributed by atoms with Gasteiger partial charge in [0, 0.05) is 94.8 Å². The quantitative estimate of drug-likeness (QED) is 0.0444. The summed E-state index contributed by atoms with van der Waals surface area (Å²) in [7, 11) is 0. The number of hydrogen-bond acceptors (Lipinski definition) is 13. The number of benzene rings is 2. The number of carbonyl (C=O) groups excluding carboxylic acids is 8. The number of hydroxylamine groups is 2. The van der Waals surface area contributed by atoms with Gasteiger partial charge >= 0.3 is 29.8 Å². The molecule has 0 aliphatic carbocycles. The number of aliphatic carboxylic acids is 4. The molecule has 0 spiro atoms. The number of hydrogen-bond donors (Lipinski definition) is 5. The number of imide groups is 1. The summed E-state index contributed by atoms with van der Waals surface area (Å²) < 4.78 is 0. The van der Waals surface area contributed by atoms with Crippen LogP contribution in [-0.4, -0.2) is 121 Å². The van der Waals surface area contributed by atoms with E-state index in [1.165, 1.54) is 18.2 Å². The molecule has 20 heteroatoms. The van der Waals surface area contributed by atoms with E-state index in [0.29, 0.717) is 17.0 Å². The van der Waals surface area contributed by atoms with Crippen molar-refractivity contribution in [3.63, 3.8) is 0 Å². The number of Topliss-reactive ketones (excluding diaryl/α,β-unsaturated/α-hetero) is 3. The van der Waals surface area contributed by atoms with Gasteiger partial charge in [-0.25, -0.2) is 4.79 Å². The Hall–Kier alpha value is -7.12. The molecule has 0 unspecified atom stereocenters. The van der Waals surface area contributed by atoms with Crippen molar-refractivity contribution in [2.75, 3.05) is 19.6 Å². The van der Waals surface area contributed by atoms with Gasteiger partial charge in [-0.1, -0.05) is 29.8 Å². The topological polar surface area (TPSA) is 314 Å². The molecule has 64 heavy (non-hydrogen) atoms. The Bertz CT molecular complexity index is 2120. The summed E-state index contributed by atoms with van der Waals surface area (Å²) >= 11 is 0. The van der Waals surface area contributed by atoms with Crippen molar-refractivity contribution >= 4 is 70.8 Å². The summed E-state index contributed by atoms with van der Waals surface area (Å²) in [6.07, 6.45) is -4.79. The molecule has 1 aliphatic heterocycles. The zero-order chi connectivity index (χ0) is 47.5. The summed E-state index contributed by atoms with van der Waals surface area (Å²) in [5.74, 6) is -14.4. The predicted molar refractivity (Wildman–Crippen MR) is 219 cm³/mol. The number of ketones is 3. The van der Waals surface area contributed by atoms with Gasteiger partial charge in [-0.3, -0.25) is 52.7 Å². The van der Waals surface area contributed by atoms with Crippen LogP contribution in [0.1, 0.15) is 120 Å². The van der Waals surface area contributed by atoms with Gasteiger partial charge in [-0.15, -0.1) is 5.06 Å². The average molecular weight is 894 g/mol. The molecule has 2 aromatic rings. The van der Waals surface area contributed by atoms with Crippen LogP contribution in [-0.2, 0) is 48.0 Å². The molecule has 3 atom stereocenters. The molecular weight excluding hydrogens is 842 g/mol. The first-order valence-electron chi connectivity index (χ1n) is 20.4. The largest absolute Gasteiger partial charge is 0.481 e. The number of carboxylic acids is 4. The summed E-state index contributed by atoms with van der Waals surface area (Å²) in [5.41, 5.74) is 1.07. The monoisotopic (exact) mass is 893 g/mol. The lowest BCUT2D eigenvalue weighted by atomic mass is 9.84. The van der Waals surface area contributed by atoms with Crippen LogP contribution in [0.15, 0.2) is 48.5 Å². The second-order valence-corrected chi connectivity index (χ2v) is 15.7. The van der Waals surface area contributed by atoms with Crippen LogP contribution in [0.2, 0.25) is 0 Å². The van der Waals surface area contributed by atoms with Crippen molar-refractivity contribution in [1.82, 2.24) is 15.3 Å². The van der Waals surface area contributed by atoms with Crippen LogP contribution in [0, 0.1) is 24.7 Å². The van der Waals surface area contributed by atoms with Crippen LogP contribution in [0.4, 0.5) is 0 Å². The smallest absolute Gasteiger partial charge is 0.363 e. The third-order valence-electron chi connectivity index (χ3n) is 10.1. The maximum atomic E-state index is 13.3. The van der Waals surface area contributed by atoms with E-state index in [2.05, 4.69) is 5.32 Å². The van der Waals surface area contributed by atoms with Crippen molar-refractivity contribution in [1.29, 1.82) is 0 Å². The first-order valence-corrected chi connectivity index (χ1v) is 20.4. The van der Waals surface area contributed by atoms with Crippen LogP contribution in [0.3, 0.4) is 0 Å². The molecule has 0 saturated carbocycles. The number of carboxylic acid groups (broad SMARTS) is 4. The first-order chi connectivity index (χ1) is 30.2. The van der Waals surface area contributed by atoms with Gasteiger partial charge in [0.2, 0.25) is 5.91 Å². The highest BCUT2D eigenvalue weighted by Crippen LogP contribution is 2.26. The summed E-state index contributed by atoms with van der Waals surface area (Å²) in [6.45, 7) is 1.29. The first kappa shape index (κ1) is 51.2. The molecule has 2 aromatic carbocycles. The van der Waals surface area contributed by atoms with Crippen LogP contribution in [0.25, 0.3) is 0 Å². The van der Waals surface area contributed by atoms with Crippen molar-refractivity contribution < 1.29 is 82.8 Å². The zero-order valence-electron chi connectivity index (χ0n) is 35.2. The molecule has 1 fully saturated rings. The highest BCUT2D eigenvalue weighted by molar-refractivity contribution is 6.04. The third-order valence-corrected chi connectivity index (χ3v) is 10.1. The van der Waals surface area contributed by atoms with E-state index in [1.54, 1.807) is 18.2 Å². The maximum Gasteiger partial charge on any atom is 0.363 e. The van der Waals surface area contributed by atoms with Gasteiger partial charge in [0.05, 0.1) is 5.56 Å². The second-order valence-electron chi connectivity index (χ2n) is 15.7. The number of unbranched alkanes of at least 4 members (excludes halogenated alkanes) is 1. The highest BCUT2D eigenvalue weighted by atomic mass is 16.7. The Morgan fingerprint density at radius 1 is 0.625 bits per heavy atom. The van der Waals surface area contributed by atoms with E-state index in [1.807, 2.05) is 13.0 Å². The van der Waals surface area contributed by atoms with Crippen LogP contribution >= 0.6 is 0 Å². The lowest BCUT2D eigenvalue weighted by molar-refractivity contribution is -0.172. The Morgan fingerprint density at radius 3 is 1.66 bits per heavy atom. The Morgan fingerprint density at radius 2 is 1.12 bits per heavy atom. The number of nitrogens with one attached hydrogen (secondary N) is 1. The number of rotatable bonds is 29. The van der Waals surface area contributed by atoms with Gasteiger partial charge in [-0.05, 0) is 61.8 Å². The Balaban J connectivity index is 1.61. The minimum atomic E-state index is -1.38. The standard InChI is InChI=1S/C44H51N3O17/c1-26-6-4-8-31(14-26)43(62)45-12-2-3-13-46(25-42(60)61)38(53)20-29(23-41(58)59)18-34(49)16-27(21-39(54)55)15-33(48)17-28(22-40(56)57)19-35(50)30-7-5-9-32(24-30)44(63)64-47-36(51)10-11-37(47)52/h4-9,14,24,27-29H,2-3,10-13,15-23,25H2,1H3,(H,45,62)(H,54,55)(H,56,57)(H,58,59)(H,60,61)/t27-,28+,29-/m1/s1. The fourth-order valence-corrected chi connectivity index (χ4v) is 7.19. The number of nitrogens with zero attached hydrogens (tertiary/aromatic N) is 2. The van der Waals surface area contributed by atoms with E-state index >= 15 is 0 Å². The SMILES string of the molecule is Cc1cccc(C(=O)NCCCCN(CC(=O)O)C(=O)C[C@H](CC(=O)O)CC(=O)C[C@H](CC(=O)O)CC(=O)C[C@H](CC(=O)O)CC(=O)c2cccc(C(=O)ON3C(=O)CCC3=O)c2)c1. The zero-order valence-corrected chi connectivity index (χ0v) is 35.2. The predicted octanol–water partition coefficient (Wildman–Crippen LogP) is 3.27. The molecule has 0 aromatic heterocycles. The van der Waals surface area contributed by atoms with E-state index in [9.17, 15) is 78.0 Å².